The number of aromatic nitrogens is 1. The minimum atomic E-state index is -0.688. The molecule has 0 bridgehead atoms. The van der Waals surface area contributed by atoms with E-state index in [2.05, 4.69) is 11.8 Å². The Morgan fingerprint density at radius 3 is 2.32 bits per heavy atom. The number of nitrogens with zero attached hydrogens (tertiary/aromatic N) is 1. The van der Waals surface area contributed by atoms with Gasteiger partial charge in [-0.1, -0.05) is 24.1 Å². The maximum Gasteiger partial charge on any atom is 0.390 e. The summed E-state index contributed by atoms with van der Waals surface area (Å²) in [5.74, 6) is 5.16. The summed E-state index contributed by atoms with van der Waals surface area (Å²) < 4.78 is 18.0. The third-order valence-corrected chi connectivity index (χ3v) is 5.28. The number of esters is 2. The first kappa shape index (κ1) is 22.7. The van der Waals surface area contributed by atoms with Gasteiger partial charge < -0.3 is 18.8 Å². The van der Waals surface area contributed by atoms with E-state index in [1.165, 1.54) is 0 Å². The summed E-state index contributed by atoms with van der Waals surface area (Å²) in [5.41, 5.74) is 3.48. The number of carbonyl (C=O) groups excluding carboxylic acids is 2. The minimum absolute atomic E-state index is 0.247. The minimum Gasteiger partial charge on any atom is -0.497 e. The Hall–Kier alpha value is -4.50. The molecule has 0 aliphatic heterocycles. The number of ether oxygens (including phenoxy) is 3. The third-order valence-electron chi connectivity index (χ3n) is 5.28. The van der Waals surface area contributed by atoms with Crippen molar-refractivity contribution in [1.82, 2.24) is 4.57 Å². The average Bonchev–Trinajstić information content (AvgIpc) is 3.14. The smallest absolute Gasteiger partial charge is 0.390 e. The molecule has 6 heteroatoms. The van der Waals surface area contributed by atoms with Crippen LogP contribution in [0.2, 0.25) is 0 Å². The number of benzene rings is 3. The molecule has 0 N–H and O–H groups in total. The molecule has 0 fully saturated rings. The third kappa shape index (κ3) is 4.64. The van der Waals surface area contributed by atoms with Gasteiger partial charge in [0.05, 0.1) is 24.8 Å². The van der Waals surface area contributed by atoms with Crippen LogP contribution in [0.3, 0.4) is 0 Å². The maximum absolute atomic E-state index is 12.8. The van der Waals surface area contributed by atoms with Gasteiger partial charge >= 0.3 is 11.9 Å². The van der Waals surface area contributed by atoms with E-state index in [4.69, 9.17) is 14.2 Å². The predicted octanol–water partition coefficient (Wildman–Crippen LogP) is 5.08. The van der Waals surface area contributed by atoms with Crippen LogP contribution < -0.4 is 9.47 Å². The second kappa shape index (κ2) is 9.97. The average molecular weight is 453 g/mol. The highest BCUT2D eigenvalue weighted by Gasteiger charge is 2.22. The van der Waals surface area contributed by atoms with Crippen molar-refractivity contribution in [3.63, 3.8) is 0 Å². The van der Waals surface area contributed by atoms with E-state index in [-0.39, 0.29) is 12.4 Å². The van der Waals surface area contributed by atoms with Crippen molar-refractivity contribution in [2.45, 2.75) is 13.8 Å². The number of carbonyl (C=O) groups is 2. The highest BCUT2D eigenvalue weighted by molar-refractivity contribution is 6.07. The summed E-state index contributed by atoms with van der Waals surface area (Å²) in [6.07, 6.45) is 0. The first-order valence-electron chi connectivity index (χ1n) is 10.8. The molecule has 1 heterocycles. The second-order valence-corrected chi connectivity index (χ2v) is 7.40. The lowest BCUT2D eigenvalue weighted by atomic mass is 10.1. The summed E-state index contributed by atoms with van der Waals surface area (Å²) in [5, 5.41) is 0.619. The highest BCUT2D eigenvalue weighted by Crippen LogP contribution is 2.33. The molecule has 4 aromatic rings. The molecule has 0 atom stereocenters. The van der Waals surface area contributed by atoms with Crippen LogP contribution in [0.4, 0.5) is 0 Å². The molecule has 0 saturated heterocycles. The Morgan fingerprint density at radius 2 is 1.65 bits per heavy atom. The number of fused-ring (bicyclic) bond motifs is 1. The normalized spacial score (nSPS) is 10.3. The number of rotatable bonds is 5. The number of hydrogen-bond acceptors (Lipinski definition) is 5. The quantitative estimate of drug-likeness (QED) is 0.239. The second-order valence-electron chi connectivity index (χ2n) is 7.40. The molecular formula is C28H23NO5. The summed E-state index contributed by atoms with van der Waals surface area (Å²) >= 11 is 0. The van der Waals surface area contributed by atoms with Gasteiger partial charge in [-0.2, -0.15) is 0 Å². The highest BCUT2D eigenvalue weighted by atomic mass is 16.5. The summed E-state index contributed by atoms with van der Waals surface area (Å²) in [7, 11) is 1.61. The fourth-order valence-electron chi connectivity index (χ4n) is 3.76. The Labute approximate surface area is 197 Å². The zero-order valence-corrected chi connectivity index (χ0v) is 19.1. The number of hydrogen-bond donors (Lipinski definition) is 0. The molecule has 0 spiro atoms. The first-order valence-corrected chi connectivity index (χ1v) is 10.8. The van der Waals surface area contributed by atoms with Crippen molar-refractivity contribution < 1.29 is 23.8 Å². The van der Waals surface area contributed by atoms with Crippen LogP contribution in [-0.4, -0.2) is 30.2 Å². The molecule has 0 radical (unpaired) electrons. The predicted molar refractivity (Wildman–Crippen MR) is 129 cm³/mol. The Morgan fingerprint density at radius 1 is 0.941 bits per heavy atom. The van der Waals surface area contributed by atoms with Crippen LogP contribution in [-0.2, 0) is 9.53 Å². The van der Waals surface area contributed by atoms with Crippen LogP contribution in [0, 0.1) is 18.8 Å². The van der Waals surface area contributed by atoms with Crippen molar-refractivity contribution in [2.75, 3.05) is 13.7 Å². The monoisotopic (exact) mass is 453 g/mol. The van der Waals surface area contributed by atoms with Crippen molar-refractivity contribution in [3.8, 4) is 29.0 Å². The zero-order valence-electron chi connectivity index (χ0n) is 19.1. The van der Waals surface area contributed by atoms with E-state index in [0.29, 0.717) is 22.2 Å². The summed E-state index contributed by atoms with van der Waals surface area (Å²) in [6, 6.07) is 21.9. The maximum atomic E-state index is 12.8. The lowest BCUT2D eigenvalue weighted by molar-refractivity contribution is -0.128. The standard InChI is InChI=1S/C28H23NO5/c1-4-33-28(31)27-19(2)29(21-11-13-22(32-3)14-12-21)25-16-15-23(18-24(25)27)34-26(30)17-10-20-8-6-5-7-9-20/h5-9,11-16,18H,4H2,1-3H3. The van der Waals surface area contributed by atoms with E-state index in [1.54, 1.807) is 26.2 Å². The van der Waals surface area contributed by atoms with Crippen molar-refractivity contribution >= 4 is 22.8 Å². The molecule has 3 aromatic carbocycles. The van der Waals surface area contributed by atoms with Gasteiger partial charge in [0.2, 0.25) is 0 Å². The van der Waals surface area contributed by atoms with Crippen LogP contribution in [0.15, 0.2) is 72.8 Å². The molecular weight excluding hydrogens is 430 g/mol. The molecule has 0 saturated carbocycles. The summed E-state index contributed by atoms with van der Waals surface area (Å²) in [6.45, 7) is 3.86. The zero-order chi connectivity index (χ0) is 24.1. The lowest BCUT2D eigenvalue weighted by Gasteiger charge is -2.10. The SMILES string of the molecule is CCOC(=O)c1c(C)n(-c2ccc(OC)cc2)c2ccc(OC(=O)C#Cc3ccccc3)cc12. The van der Waals surface area contributed by atoms with Gasteiger partial charge in [-0.05, 0) is 68.4 Å². The van der Waals surface area contributed by atoms with Crippen molar-refractivity contribution in [2.24, 2.45) is 0 Å². The Balaban J connectivity index is 1.74. The van der Waals surface area contributed by atoms with Crippen LogP contribution in [0.5, 0.6) is 11.5 Å². The van der Waals surface area contributed by atoms with E-state index in [0.717, 1.165) is 17.0 Å². The van der Waals surface area contributed by atoms with E-state index < -0.39 is 11.9 Å². The molecule has 0 unspecified atom stereocenters. The van der Waals surface area contributed by atoms with Gasteiger partial charge in [0.25, 0.3) is 0 Å². The molecule has 6 nitrogen and oxygen atoms in total. The van der Waals surface area contributed by atoms with Gasteiger partial charge in [-0.3, -0.25) is 0 Å². The molecule has 0 aliphatic rings. The van der Waals surface area contributed by atoms with Crippen LogP contribution in [0.25, 0.3) is 16.6 Å². The molecule has 4 rings (SSSR count). The van der Waals surface area contributed by atoms with Gasteiger partial charge in [0.1, 0.15) is 11.5 Å². The van der Waals surface area contributed by atoms with Gasteiger partial charge in [-0.15, -0.1) is 0 Å². The Bertz CT molecular complexity index is 1410. The molecule has 34 heavy (non-hydrogen) atoms. The van der Waals surface area contributed by atoms with Gasteiger partial charge in [0.15, 0.2) is 0 Å². The van der Waals surface area contributed by atoms with Gasteiger partial charge in [0, 0.05) is 28.3 Å². The van der Waals surface area contributed by atoms with Crippen molar-refractivity contribution in [1.29, 1.82) is 0 Å². The molecule has 0 amide bonds. The molecule has 1 aromatic heterocycles. The fourth-order valence-corrected chi connectivity index (χ4v) is 3.76. The van der Waals surface area contributed by atoms with Crippen molar-refractivity contribution in [3.05, 3.63) is 89.6 Å². The number of methoxy groups -OCH3 is 1. The van der Waals surface area contributed by atoms with E-state index in [9.17, 15) is 9.59 Å². The molecule has 170 valence electrons. The largest absolute Gasteiger partial charge is 0.497 e. The summed E-state index contributed by atoms with van der Waals surface area (Å²) in [4.78, 5) is 25.1. The first-order chi connectivity index (χ1) is 16.5. The topological polar surface area (TPSA) is 66.8 Å². The molecule has 0 aliphatic carbocycles. The van der Waals surface area contributed by atoms with Crippen LogP contribution in [0.1, 0.15) is 28.5 Å². The van der Waals surface area contributed by atoms with Gasteiger partial charge in [-0.25, -0.2) is 9.59 Å². The fraction of sp³-hybridized carbons (Fsp3) is 0.143. The van der Waals surface area contributed by atoms with E-state index >= 15 is 0 Å². The Kier molecular flexibility index (Phi) is 6.65. The lowest BCUT2D eigenvalue weighted by Crippen LogP contribution is -2.07. The van der Waals surface area contributed by atoms with E-state index in [1.807, 2.05) is 72.2 Å². The van der Waals surface area contributed by atoms with Crippen LogP contribution >= 0.6 is 0 Å².